The van der Waals surface area contributed by atoms with Crippen LogP contribution < -0.4 is 0 Å². The molecule has 0 fully saturated rings. The first kappa shape index (κ1) is 15.1. The summed E-state index contributed by atoms with van der Waals surface area (Å²) in [6.45, 7) is 2.00. The summed E-state index contributed by atoms with van der Waals surface area (Å²) in [4.78, 5) is 0. The van der Waals surface area contributed by atoms with Crippen LogP contribution in [0.2, 0.25) is 5.02 Å². The van der Waals surface area contributed by atoms with Crippen molar-refractivity contribution in [1.82, 2.24) is 10.2 Å². The van der Waals surface area contributed by atoms with E-state index >= 15 is 0 Å². The molecule has 0 spiro atoms. The minimum absolute atomic E-state index is 0.0771. The van der Waals surface area contributed by atoms with Crippen molar-refractivity contribution in [3.8, 4) is 11.5 Å². The van der Waals surface area contributed by atoms with E-state index in [-0.39, 0.29) is 11.1 Å². The van der Waals surface area contributed by atoms with Crippen molar-refractivity contribution in [2.75, 3.05) is 0 Å². The van der Waals surface area contributed by atoms with Gasteiger partial charge in [0, 0.05) is 15.8 Å². The van der Waals surface area contributed by atoms with Crippen molar-refractivity contribution in [3.05, 3.63) is 64.9 Å². The molecule has 0 amide bonds. The highest BCUT2D eigenvalue weighted by atomic mass is 35.5. The third-order valence-corrected chi connectivity index (χ3v) is 4.32. The van der Waals surface area contributed by atoms with E-state index < -0.39 is 0 Å². The van der Waals surface area contributed by atoms with Gasteiger partial charge in [0.1, 0.15) is 5.82 Å². The Morgan fingerprint density at radius 2 is 1.91 bits per heavy atom. The molecule has 0 N–H and O–H groups in total. The van der Waals surface area contributed by atoms with Gasteiger partial charge in [-0.15, -0.1) is 10.2 Å². The third-order valence-electron chi connectivity index (χ3n) is 3.10. The molecule has 0 unspecified atom stereocenters. The van der Waals surface area contributed by atoms with E-state index in [1.165, 1.54) is 23.9 Å². The van der Waals surface area contributed by atoms with Gasteiger partial charge in [-0.3, -0.25) is 0 Å². The highest BCUT2D eigenvalue weighted by Crippen LogP contribution is 2.35. The van der Waals surface area contributed by atoms with Crippen molar-refractivity contribution in [2.24, 2.45) is 0 Å². The fourth-order valence-corrected chi connectivity index (χ4v) is 2.95. The molecule has 0 bridgehead atoms. The summed E-state index contributed by atoms with van der Waals surface area (Å²) in [5, 5.41) is 9.22. The van der Waals surface area contributed by atoms with Crippen molar-refractivity contribution in [3.63, 3.8) is 0 Å². The zero-order valence-electron chi connectivity index (χ0n) is 11.7. The fraction of sp³-hybridized carbons (Fsp3) is 0.125. The molecule has 0 saturated heterocycles. The molecule has 0 aliphatic heterocycles. The van der Waals surface area contributed by atoms with Crippen LogP contribution in [0, 0.1) is 5.82 Å². The highest BCUT2D eigenvalue weighted by molar-refractivity contribution is 7.99. The van der Waals surface area contributed by atoms with Crippen LogP contribution in [0.5, 0.6) is 0 Å². The smallest absolute Gasteiger partial charge is 0.277 e. The predicted molar refractivity (Wildman–Crippen MR) is 85.4 cm³/mol. The SMILES string of the molecule is C[C@H](Sc1nnc(-c2cccc(Cl)c2)o1)c1ccc(F)cc1. The van der Waals surface area contributed by atoms with Crippen LogP contribution in [-0.4, -0.2) is 10.2 Å². The van der Waals surface area contributed by atoms with Gasteiger partial charge in [0.15, 0.2) is 0 Å². The summed E-state index contributed by atoms with van der Waals surface area (Å²) in [5.41, 5.74) is 1.77. The van der Waals surface area contributed by atoms with Crippen LogP contribution in [-0.2, 0) is 0 Å². The van der Waals surface area contributed by atoms with Gasteiger partial charge in [-0.25, -0.2) is 4.39 Å². The maximum atomic E-state index is 12.9. The number of hydrogen-bond acceptors (Lipinski definition) is 4. The summed E-state index contributed by atoms with van der Waals surface area (Å²) in [6.07, 6.45) is 0. The molecule has 0 aliphatic rings. The molecular formula is C16H12ClFN2OS. The lowest BCUT2D eigenvalue weighted by atomic mass is 10.2. The molecule has 6 heteroatoms. The molecule has 112 valence electrons. The Morgan fingerprint density at radius 3 is 2.64 bits per heavy atom. The lowest BCUT2D eigenvalue weighted by molar-refractivity contribution is 0.465. The molecule has 22 heavy (non-hydrogen) atoms. The van der Waals surface area contributed by atoms with Crippen LogP contribution in [0.1, 0.15) is 17.7 Å². The molecule has 1 atom stereocenters. The molecule has 0 saturated carbocycles. The van der Waals surface area contributed by atoms with E-state index in [2.05, 4.69) is 10.2 Å². The van der Waals surface area contributed by atoms with Crippen molar-refractivity contribution < 1.29 is 8.81 Å². The number of hydrogen-bond donors (Lipinski definition) is 0. The van der Waals surface area contributed by atoms with Gasteiger partial charge in [0.2, 0.25) is 5.89 Å². The molecule has 0 aliphatic carbocycles. The van der Waals surface area contributed by atoms with Crippen LogP contribution in [0.25, 0.3) is 11.5 Å². The maximum Gasteiger partial charge on any atom is 0.277 e. The summed E-state index contributed by atoms with van der Waals surface area (Å²) < 4.78 is 18.6. The van der Waals surface area contributed by atoms with E-state index in [1.54, 1.807) is 24.3 Å². The number of rotatable bonds is 4. The van der Waals surface area contributed by atoms with E-state index in [0.29, 0.717) is 16.1 Å². The minimum atomic E-state index is -0.248. The Kier molecular flexibility index (Phi) is 4.45. The number of halogens is 2. The number of thioether (sulfide) groups is 1. The first-order valence-corrected chi connectivity index (χ1v) is 7.89. The minimum Gasteiger partial charge on any atom is -0.411 e. The monoisotopic (exact) mass is 334 g/mol. The second-order valence-corrected chi connectivity index (χ2v) is 6.42. The molecule has 0 radical (unpaired) electrons. The average Bonchev–Trinajstić information content (AvgIpc) is 2.96. The number of nitrogens with zero attached hydrogens (tertiary/aromatic N) is 2. The van der Waals surface area contributed by atoms with Crippen LogP contribution in [0.4, 0.5) is 4.39 Å². The van der Waals surface area contributed by atoms with Crippen LogP contribution >= 0.6 is 23.4 Å². The quantitative estimate of drug-likeness (QED) is 0.600. The predicted octanol–water partition coefficient (Wildman–Crippen LogP) is 5.38. The van der Waals surface area contributed by atoms with Gasteiger partial charge in [0.25, 0.3) is 5.22 Å². The summed E-state index contributed by atoms with van der Waals surface area (Å²) in [7, 11) is 0. The largest absolute Gasteiger partial charge is 0.411 e. The third kappa shape index (κ3) is 3.48. The Morgan fingerprint density at radius 1 is 1.14 bits per heavy atom. The Bertz CT molecular complexity index is 776. The molecule has 1 aromatic heterocycles. The lowest BCUT2D eigenvalue weighted by Gasteiger charge is -2.08. The van der Waals surface area contributed by atoms with Crippen LogP contribution in [0.15, 0.2) is 58.2 Å². The molecular weight excluding hydrogens is 323 g/mol. The van der Waals surface area contributed by atoms with Crippen molar-refractivity contribution in [2.45, 2.75) is 17.4 Å². The van der Waals surface area contributed by atoms with E-state index in [1.807, 2.05) is 19.1 Å². The zero-order valence-corrected chi connectivity index (χ0v) is 13.2. The molecule has 2 aromatic carbocycles. The van der Waals surface area contributed by atoms with Gasteiger partial charge in [0.05, 0.1) is 0 Å². The second-order valence-electron chi connectivity index (χ2n) is 4.70. The molecule has 1 heterocycles. The normalized spacial score (nSPS) is 12.3. The maximum absolute atomic E-state index is 12.9. The summed E-state index contributed by atoms with van der Waals surface area (Å²) in [6, 6.07) is 13.6. The van der Waals surface area contributed by atoms with Gasteiger partial charge in [-0.2, -0.15) is 0 Å². The molecule has 3 aromatic rings. The van der Waals surface area contributed by atoms with Crippen LogP contribution in [0.3, 0.4) is 0 Å². The Balaban J connectivity index is 1.75. The van der Waals surface area contributed by atoms with E-state index in [9.17, 15) is 4.39 Å². The molecule has 3 rings (SSSR count). The van der Waals surface area contributed by atoms with Gasteiger partial charge < -0.3 is 4.42 Å². The first-order valence-electron chi connectivity index (χ1n) is 6.63. The number of aromatic nitrogens is 2. The van der Waals surface area contributed by atoms with Gasteiger partial charge in [-0.05, 0) is 42.8 Å². The Labute approximate surface area is 136 Å². The lowest BCUT2D eigenvalue weighted by Crippen LogP contribution is -1.88. The van der Waals surface area contributed by atoms with Crippen molar-refractivity contribution >= 4 is 23.4 Å². The average molecular weight is 335 g/mol. The summed E-state index contributed by atoms with van der Waals surface area (Å²) in [5.74, 6) is 0.179. The molecule has 3 nitrogen and oxygen atoms in total. The van der Waals surface area contributed by atoms with E-state index in [4.69, 9.17) is 16.0 Å². The fourth-order valence-electron chi connectivity index (χ4n) is 1.95. The van der Waals surface area contributed by atoms with E-state index in [0.717, 1.165) is 11.1 Å². The van der Waals surface area contributed by atoms with Crippen molar-refractivity contribution in [1.29, 1.82) is 0 Å². The first-order chi connectivity index (χ1) is 10.6. The zero-order chi connectivity index (χ0) is 15.5. The second kappa shape index (κ2) is 6.50. The summed E-state index contributed by atoms with van der Waals surface area (Å²) >= 11 is 7.38. The topological polar surface area (TPSA) is 38.9 Å². The number of benzene rings is 2. The highest BCUT2D eigenvalue weighted by Gasteiger charge is 2.14. The Hall–Kier alpha value is -1.85. The van der Waals surface area contributed by atoms with Gasteiger partial charge >= 0.3 is 0 Å². The standard InChI is InChI=1S/C16H12ClFN2OS/c1-10(11-5-7-14(18)8-6-11)22-16-20-19-15(21-16)12-3-2-4-13(17)9-12/h2-10H,1H3/t10-/m0/s1. The van der Waals surface area contributed by atoms with Gasteiger partial charge in [-0.1, -0.05) is 41.6 Å².